The van der Waals surface area contributed by atoms with Crippen LogP contribution >= 0.6 is 0 Å². The van der Waals surface area contributed by atoms with Crippen molar-refractivity contribution in [3.63, 3.8) is 0 Å². The number of hydrogen-bond donors (Lipinski definition) is 1. The first-order chi connectivity index (χ1) is 11.5. The second kappa shape index (κ2) is 8.34. The number of amides is 1. The van der Waals surface area contributed by atoms with Gasteiger partial charge in [0.15, 0.2) is 0 Å². The van der Waals surface area contributed by atoms with E-state index in [9.17, 15) is 4.79 Å². The Hall–Kier alpha value is -2.55. The van der Waals surface area contributed by atoms with Crippen LogP contribution in [0.25, 0.3) is 6.08 Å². The third-order valence-electron chi connectivity index (χ3n) is 3.75. The summed E-state index contributed by atoms with van der Waals surface area (Å²) in [6.07, 6.45) is 4.23. The van der Waals surface area contributed by atoms with Gasteiger partial charge in [-0.15, -0.1) is 0 Å². The molecule has 0 unspecified atom stereocenters. The van der Waals surface area contributed by atoms with Gasteiger partial charge in [0.05, 0.1) is 0 Å². The Morgan fingerprint density at radius 1 is 1.04 bits per heavy atom. The molecule has 0 aliphatic heterocycles. The maximum Gasteiger partial charge on any atom is 0.251 e. The number of hydrogen-bond acceptors (Lipinski definition) is 2. The molecule has 2 aromatic rings. The van der Waals surface area contributed by atoms with Gasteiger partial charge in [-0.2, -0.15) is 0 Å². The third kappa shape index (κ3) is 5.27. The molecule has 1 amide bonds. The predicted octanol–water partition coefficient (Wildman–Crippen LogP) is 4.35. The van der Waals surface area contributed by atoms with Crippen LogP contribution in [-0.2, 0) is 6.54 Å². The monoisotopic (exact) mass is 322 g/mol. The lowest BCUT2D eigenvalue weighted by Crippen LogP contribution is -2.22. The molecule has 0 fully saturated rings. The lowest BCUT2D eigenvalue weighted by Gasteiger charge is -2.13. The lowest BCUT2D eigenvalue weighted by molar-refractivity contribution is 0.0951. The van der Waals surface area contributed by atoms with Crippen molar-refractivity contribution in [3.8, 4) is 0 Å². The molecule has 0 spiro atoms. The average molecular weight is 322 g/mol. The van der Waals surface area contributed by atoms with Crippen LogP contribution in [0.15, 0.2) is 54.6 Å². The van der Waals surface area contributed by atoms with Crippen molar-refractivity contribution in [1.29, 1.82) is 0 Å². The molecule has 0 bridgehead atoms. The lowest BCUT2D eigenvalue weighted by atomic mass is 10.1. The molecule has 3 nitrogen and oxygen atoms in total. The third-order valence-corrected chi connectivity index (χ3v) is 3.75. The summed E-state index contributed by atoms with van der Waals surface area (Å²) in [5, 5.41) is 2.96. The Labute approximate surface area is 145 Å². The summed E-state index contributed by atoms with van der Waals surface area (Å²) in [6, 6.07) is 15.9. The first-order valence-electron chi connectivity index (χ1n) is 8.28. The Balaban J connectivity index is 1.92. The summed E-state index contributed by atoms with van der Waals surface area (Å²) in [5.41, 5.74) is 4.03. The molecule has 24 heavy (non-hydrogen) atoms. The van der Waals surface area contributed by atoms with E-state index in [2.05, 4.69) is 48.3 Å². The fourth-order valence-electron chi connectivity index (χ4n) is 2.25. The minimum Gasteiger partial charge on any atom is -0.378 e. The highest BCUT2D eigenvalue weighted by Crippen LogP contribution is 2.12. The second-order valence-electron chi connectivity index (χ2n) is 6.47. The van der Waals surface area contributed by atoms with Gasteiger partial charge in [-0.25, -0.2) is 0 Å². The molecule has 0 aromatic heterocycles. The van der Waals surface area contributed by atoms with E-state index < -0.39 is 0 Å². The summed E-state index contributed by atoms with van der Waals surface area (Å²) >= 11 is 0. The number of carbonyl (C=O) groups excluding carboxylic acids is 1. The zero-order valence-corrected chi connectivity index (χ0v) is 14.9. The number of carbonyl (C=O) groups is 1. The summed E-state index contributed by atoms with van der Waals surface area (Å²) in [5.74, 6) is 0.470. The van der Waals surface area contributed by atoms with E-state index in [-0.39, 0.29) is 5.91 Å². The molecule has 0 saturated heterocycles. The van der Waals surface area contributed by atoms with Crippen LogP contribution in [0.2, 0.25) is 0 Å². The molecular formula is C21H26N2O. The summed E-state index contributed by atoms with van der Waals surface area (Å²) in [7, 11) is 4.02. The number of allylic oxidation sites excluding steroid dienone is 1. The first-order valence-corrected chi connectivity index (χ1v) is 8.28. The van der Waals surface area contributed by atoms with Gasteiger partial charge in [-0.3, -0.25) is 4.79 Å². The number of nitrogens with one attached hydrogen (secondary N) is 1. The Bertz CT molecular complexity index is 683. The topological polar surface area (TPSA) is 32.3 Å². The molecule has 3 heteroatoms. The zero-order chi connectivity index (χ0) is 17.5. The van der Waals surface area contributed by atoms with Crippen LogP contribution in [0.3, 0.4) is 0 Å². The van der Waals surface area contributed by atoms with Crippen LogP contribution in [-0.4, -0.2) is 20.0 Å². The van der Waals surface area contributed by atoms with Crippen LogP contribution in [0, 0.1) is 5.92 Å². The largest absolute Gasteiger partial charge is 0.378 e. The van der Waals surface area contributed by atoms with Gasteiger partial charge in [0.2, 0.25) is 0 Å². The number of anilines is 1. The fraction of sp³-hybridized carbons (Fsp3) is 0.286. The molecule has 2 aromatic carbocycles. The Morgan fingerprint density at radius 3 is 2.21 bits per heavy atom. The van der Waals surface area contributed by atoms with Gasteiger partial charge in [-0.1, -0.05) is 50.3 Å². The molecule has 0 aliphatic rings. The van der Waals surface area contributed by atoms with Gasteiger partial charge in [0.25, 0.3) is 5.91 Å². The van der Waals surface area contributed by atoms with E-state index in [1.807, 2.05) is 50.5 Å². The predicted molar refractivity (Wildman–Crippen MR) is 102 cm³/mol. The quantitative estimate of drug-likeness (QED) is 0.857. The SMILES string of the molecule is CC(C)C=Cc1ccc(C(=O)NCc2ccc(N(C)C)cc2)cc1. The number of benzene rings is 2. The summed E-state index contributed by atoms with van der Waals surface area (Å²) in [4.78, 5) is 14.3. The molecule has 0 radical (unpaired) electrons. The minimum atomic E-state index is -0.0499. The molecular weight excluding hydrogens is 296 g/mol. The van der Waals surface area contributed by atoms with Crippen LogP contribution < -0.4 is 10.2 Å². The van der Waals surface area contributed by atoms with Crippen molar-refractivity contribution >= 4 is 17.7 Å². The van der Waals surface area contributed by atoms with Crippen molar-refractivity contribution < 1.29 is 4.79 Å². The molecule has 0 saturated carbocycles. The smallest absolute Gasteiger partial charge is 0.251 e. The van der Waals surface area contributed by atoms with Crippen molar-refractivity contribution in [2.75, 3.05) is 19.0 Å². The highest BCUT2D eigenvalue weighted by Gasteiger charge is 2.05. The fourth-order valence-corrected chi connectivity index (χ4v) is 2.25. The molecule has 1 N–H and O–H groups in total. The average Bonchev–Trinajstić information content (AvgIpc) is 2.58. The van der Waals surface area contributed by atoms with Crippen molar-refractivity contribution in [2.45, 2.75) is 20.4 Å². The summed E-state index contributed by atoms with van der Waals surface area (Å²) in [6.45, 7) is 4.81. The summed E-state index contributed by atoms with van der Waals surface area (Å²) < 4.78 is 0. The maximum absolute atomic E-state index is 12.2. The second-order valence-corrected chi connectivity index (χ2v) is 6.47. The molecule has 0 atom stereocenters. The van der Waals surface area contributed by atoms with Crippen LogP contribution in [0.5, 0.6) is 0 Å². The highest BCUT2D eigenvalue weighted by atomic mass is 16.1. The molecule has 0 aliphatic carbocycles. The van der Waals surface area contributed by atoms with Gasteiger partial charge < -0.3 is 10.2 Å². The standard InChI is InChI=1S/C21H26N2O/c1-16(2)5-6-17-7-11-19(12-8-17)21(24)22-15-18-9-13-20(14-10-18)23(3)4/h5-14,16H,15H2,1-4H3,(H,22,24). The molecule has 126 valence electrons. The Kier molecular flexibility index (Phi) is 6.19. The van der Waals surface area contributed by atoms with Gasteiger partial charge in [0.1, 0.15) is 0 Å². The van der Waals surface area contributed by atoms with Crippen molar-refractivity contribution in [1.82, 2.24) is 5.32 Å². The minimum absolute atomic E-state index is 0.0499. The number of rotatable bonds is 6. The first kappa shape index (κ1) is 17.8. The van der Waals surface area contributed by atoms with Crippen LogP contribution in [0.1, 0.15) is 35.3 Å². The Morgan fingerprint density at radius 2 is 1.67 bits per heavy atom. The van der Waals surface area contributed by atoms with E-state index in [1.54, 1.807) is 0 Å². The van der Waals surface area contributed by atoms with Gasteiger partial charge >= 0.3 is 0 Å². The number of nitrogens with zero attached hydrogens (tertiary/aromatic N) is 1. The van der Waals surface area contributed by atoms with E-state index >= 15 is 0 Å². The normalized spacial score (nSPS) is 11.0. The van der Waals surface area contributed by atoms with Crippen molar-refractivity contribution in [3.05, 3.63) is 71.3 Å². The molecule has 2 rings (SSSR count). The van der Waals surface area contributed by atoms with Gasteiger partial charge in [0, 0.05) is 31.9 Å². The van der Waals surface area contributed by atoms with E-state index in [0.29, 0.717) is 18.0 Å². The maximum atomic E-state index is 12.2. The van der Waals surface area contributed by atoms with Crippen molar-refractivity contribution in [2.24, 2.45) is 5.92 Å². The highest BCUT2D eigenvalue weighted by molar-refractivity contribution is 5.94. The van der Waals surface area contributed by atoms with E-state index in [1.165, 1.54) is 0 Å². The van der Waals surface area contributed by atoms with Gasteiger partial charge in [-0.05, 0) is 41.3 Å². The van der Waals surface area contributed by atoms with Crippen LogP contribution in [0.4, 0.5) is 5.69 Å². The zero-order valence-electron chi connectivity index (χ0n) is 14.9. The van der Waals surface area contributed by atoms with E-state index in [0.717, 1.165) is 16.8 Å². The molecule has 0 heterocycles. The van der Waals surface area contributed by atoms with E-state index in [4.69, 9.17) is 0 Å².